The first-order valence-corrected chi connectivity index (χ1v) is 23.0. The smallest absolute Gasteiger partial charge is 0.0795 e. The molecule has 4 aliphatic rings. The number of anilines is 1. The first kappa shape index (κ1) is 37.4. The second-order valence-corrected chi connectivity index (χ2v) is 20.5. The number of carbonyl (C=O) groups excluding carboxylic acids is 2. The number of hydrogen-bond acceptors (Lipinski definition) is 8. The summed E-state index contributed by atoms with van der Waals surface area (Å²) >= 11 is -1.22. The number of aromatic nitrogens is 3. The summed E-state index contributed by atoms with van der Waals surface area (Å²) in [6.07, 6.45) is 16.0. The number of carbonyl (C=O) groups is 2. The fourth-order valence-corrected chi connectivity index (χ4v) is 12.7. The topological polar surface area (TPSA) is 111 Å². The van der Waals surface area contributed by atoms with E-state index in [1.807, 2.05) is 30.0 Å². The molecule has 1 aliphatic heterocycles. The van der Waals surface area contributed by atoms with Crippen LogP contribution in [0.2, 0.25) is 3.58 Å². The number of aryl methyl sites for hydroxylation is 1. The van der Waals surface area contributed by atoms with Crippen LogP contribution < -0.4 is 9.64 Å². The summed E-state index contributed by atoms with van der Waals surface area (Å²) in [5.41, 5.74) is 3.80. The predicted molar refractivity (Wildman–Crippen MR) is 202 cm³/mol. The Labute approximate surface area is 320 Å². The molecule has 3 saturated carbocycles. The fraction of sp³-hybridized carbons (Fsp3) is 0.634. The molecule has 0 aromatic carbocycles. The molecular weight excluding hydrogens is 851 g/mol. The van der Waals surface area contributed by atoms with Crippen molar-refractivity contribution >= 4 is 38.9 Å². The van der Waals surface area contributed by atoms with E-state index in [-0.39, 0.29) is 24.0 Å². The number of piperidine rings is 1. The average molecular weight is 907 g/mol. The number of amides is 2. The van der Waals surface area contributed by atoms with Crippen molar-refractivity contribution in [3.8, 4) is 17.0 Å². The molecule has 280 valence electrons. The summed E-state index contributed by atoms with van der Waals surface area (Å²) in [6.45, 7) is 8.46. The van der Waals surface area contributed by atoms with E-state index < -0.39 is 23.6 Å². The SMILES string of the molecule is COc1ccc(C2CCC(CN(C(=O)C3CC[CH]([Po][C](=O)N4CCC(OC(C)C)CC4)CC3)c3cc(-c4coc(C5CC5)n4)ccn3)CC2)nc1C. The van der Waals surface area contributed by atoms with E-state index in [4.69, 9.17) is 28.8 Å². The predicted octanol–water partition coefficient (Wildman–Crippen LogP) is 8.33. The third-order valence-electron chi connectivity index (χ3n) is 11.5. The second-order valence-electron chi connectivity index (χ2n) is 15.7. The average Bonchev–Trinajstić information content (AvgIpc) is 3.89. The molecule has 3 aliphatic carbocycles. The Morgan fingerprint density at radius 3 is 2.35 bits per heavy atom. The number of hydrogen-bond donors (Lipinski definition) is 0. The summed E-state index contributed by atoms with van der Waals surface area (Å²) in [6, 6.07) is 8.13. The van der Waals surface area contributed by atoms with Crippen molar-refractivity contribution in [1.29, 1.82) is 0 Å². The monoisotopic (exact) mass is 906 g/mol. The van der Waals surface area contributed by atoms with Gasteiger partial charge in [0, 0.05) is 5.92 Å². The minimum Gasteiger partial charge on any atom is -0.254 e. The van der Waals surface area contributed by atoms with Crippen LogP contribution in [0.15, 0.2) is 41.1 Å². The summed E-state index contributed by atoms with van der Waals surface area (Å²) in [5, 5.41) is 0. The van der Waals surface area contributed by atoms with Crippen LogP contribution in [0.1, 0.15) is 120 Å². The molecule has 4 heterocycles. The number of ether oxygens (including phenoxy) is 2. The van der Waals surface area contributed by atoms with Crippen molar-refractivity contribution in [3.63, 3.8) is 0 Å². The number of methoxy groups -OCH3 is 1. The maximum absolute atomic E-state index is 14.5. The van der Waals surface area contributed by atoms with Gasteiger partial charge < -0.3 is 4.74 Å². The minimum absolute atomic E-state index is 0.0455. The number of pyridine rings is 2. The van der Waals surface area contributed by atoms with Gasteiger partial charge in [-0.3, -0.25) is 4.98 Å². The molecule has 0 radical (unpaired) electrons. The Hall–Kier alpha value is -2.89. The Kier molecular flexibility index (Phi) is 12.3. The molecule has 10 nitrogen and oxygen atoms in total. The standard InChI is InChI=1S/C32H39N4O3.C9H16NO2.Po/c1-21-29(38-2)15-14-27(34-21)23-10-8-22(9-11-23)19-36(32(37)25-6-4-3-5-7-25)30-18-26(16-17-33-30)28-20-39-31(35-28)24-12-13-24;1-8(2)12-9-3-5-10(7-11)6-4-9;/h3,14-18,20,22-25H,4-13,19H2,1-2H3;8-9H,3-6H2,1-2H3;. The van der Waals surface area contributed by atoms with Crippen molar-refractivity contribution in [2.75, 3.05) is 31.6 Å². The van der Waals surface area contributed by atoms with E-state index in [0.717, 1.165) is 124 Å². The van der Waals surface area contributed by atoms with Gasteiger partial charge in [-0.25, -0.2) is 0 Å². The Balaban J connectivity index is 0.998. The van der Waals surface area contributed by atoms with Crippen molar-refractivity contribution in [1.82, 2.24) is 19.9 Å². The van der Waals surface area contributed by atoms with Crippen LogP contribution in [0.4, 0.5) is 10.6 Å². The van der Waals surface area contributed by atoms with Gasteiger partial charge in [-0.1, -0.05) is 0 Å². The zero-order valence-electron chi connectivity index (χ0n) is 31.3. The van der Waals surface area contributed by atoms with Crippen LogP contribution in [0.3, 0.4) is 0 Å². The molecule has 1 saturated heterocycles. The molecular formula is C41H55N5O5Po. The normalized spacial score (nSPS) is 24.2. The number of oxazole rings is 1. The van der Waals surface area contributed by atoms with Gasteiger partial charge in [0.25, 0.3) is 0 Å². The van der Waals surface area contributed by atoms with E-state index >= 15 is 0 Å². The largest absolute Gasteiger partial charge is 0.254 e. The zero-order valence-corrected chi connectivity index (χ0v) is 34.5. The summed E-state index contributed by atoms with van der Waals surface area (Å²) in [7, 11) is 1.69. The molecule has 0 bridgehead atoms. The van der Waals surface area contributed by atoms with Gasteiger partial charge >= 0.3 is 256 Å². The quantitative estimate of drug-likeness (QED) is 0.179. The molecule has 0 atom stereocenters. The first-order valence-electron chi connectivity index (χ1n) is 19.6. The van der Waals surface area contributed by atoms with Crippen LogP contribution in [0.5, 0.6) is 5.75 Å². The molecule has 4 fully saturated rings. The van der Waals surface area contributed by atoms with Crippen molar-refractivity contribution in [2.24, 2.45) is 11.8 Å². The molecule has 3 aromatic heterocycles. The zero-order chi connectivity index (χ0) is 36.2. The third kappa shape index (κ3) is 9.24. The molecule has 0 unspecified atom stereocenters. The number of nitrogens with zero attached hydrogens (tertiary/aromatic N) is 5. The maximum atomic E-state index is 14.5. The van der Waals surface area contributed by atoms with E-state index in [1.54, 1.807) is 19.6 Å². The molecule has 0 N–H and O–H groups in total. The van der Waals surface area contributed by atoms with Crippen molar-refractivity contribution in [2.45, 2.75) is 125 Å². The molecule has 52 heavy (non-hydrogen) atoms. The van der Waals surface area contributed by atoms with Gasteiger partial charge in [0.1, 0.15) is 5.75 Å². The summed E-state index contributed by atoms with van der Waals surface area (Å²) in [5.74, 6) is 3.71. The Bertz CT molecular complexity index is 1670. The van der Waals surface area contributed by atoms with Crippen molar-refractivity contribution in [3.05, 3.63) is 54.0 Å². The van der Waals surface area contributed by atoms with E-state index in [1.165, 1.54) is 0 Å². The van der Waals surface area contributed by atoms with Gasteiger partial charge in [-0.15, -0.1) is 0 Å². The van der Waals surface area contributed by atoms with Gasteiger partial charge in [-0.2, -0.15) is 0 Å². The van der Waals surface area contributed by atoms with Gasteiger partial charge in [0.2, 0.25) is 0 Å². The Morgan fingerprint density at radius 1 is 0.942 bits per heavy atom. The number of likely N-dealkylation sites (tertiary alicyclic amines) is 1. The van der Waals surface area contributed by atoms with E-state index in [9.17, 15) is 9.59 Å². The molecule has 3 aromatic rings. The molecule has 2 amide bonds. The van der Waals surface area contributed by atoms with E-state index in [0.29, 0.717) is 37.3 Å². The maximum Gasteiger partial charge on any atom is 0.0795 e. The number of rotatable bonds is 12. The molecule has 11 heteroatoms. The van der Waals surface area contributed by atoms with Gasteiger partial charge in [0.05, 0.1) is 12.8 Å². The minimum atomic E-state index is -1.22. The second kappa shape index (κ2) is 17.1. The first-order chi connectivity index (χ1) is 25.2. The fourth-order valence-electron chi connectivity index (χ4n) is 8.29. The van der Waals surface area contributed by atoms with Crippen LogP contribution in [0.25, 0.3) is 11.3 Å². The van der Waals surface area contributed by atoms with Gasteiger partial charge in [0.15, 0.2) is 0 Å². The summed E-state index contributed by atoms with van der Waals surface area (Å²) in [4.78, 5) is 46.4. The molecule has 0 spiro atoms. The molecule has 7 rings (SSSR count). The Morgan fingerprint density at radius 2 is 1.67 bits per heavy atom. The van der Waals surface area contributed by atoms with Crippen LogP contribution >= 0.6 is 0 Å². The van der Waals surface area contributed by atoms with Gasteiger partial charge in [-0.05, 0) is 31.9 Å². The van der Waals surface area contributed by atoms with E-state index in [2.05, 4.69) is 24.8 Å². The van der Waals surface area contributed by atoms with Crippen LogP contribution in [0, 0.1) is 18.8 Å². The van der Waals surface area contributed by atoms with Crippen LogP contribution in [-0.2, 0) is 9.53 Å². The van der Waals surface area contributed by atoms with Crippen molar-refractivity contribution < 1.29 is 23.5 Å². The van der Waals surface area contributed by atoms with Crippen LogP contribution in [-0.4, -0.2) is 91.8 Å². The summed E-state index contributed by atoms with van der Waals surface area (Å²) < 4.78 is 18.2. The third-order valence-corrected chi connectivity index (χ3v) is 16.4.